The van der Waals surface area contributed by atoms with Crippen molar-refractivity contribution < 1.29 is 17.0 Å². The number of furan rings is 1. The molecule has 1 aromatic heterocycles. The summed E-state index contributed by atoms with van der Waals surface area (Å²) in [7, 11) is -3.71. The minimum Gasteiger partial charge on any atom is -0.464 e. The van der Waals surface area contributed by atoms with Crippen LogP contribution in [0.1, 0.15) is 11.1 Å². The summed E-state index contributed by atoms with van der Waals surface area (Å²) in [4.78, 5) is 0.176. The van der Waals surface area contributed by atoms with E-state index < -0.39 is 10.1 Å². The van der Waals surface area contributed by atoms with Gasteiger partial charge in [-0.3, -0.25) is 4.18 Å². The molecule has 0 aliphatic carbocycles. The topological polar surface area (TPSA) is 56.5 Å². The van der Waals surface area contributed by atoms with Gasteiger partial charge in [0.2, 0.25) is 0 Å². The van der Waals surface area contributed by atoms with Crippen molar-refractivity contribution in [2.45, 2.75) is 18.2 Å². The van der Waals surface area contributed by atoms with Crippen LogP contribution < -0.4 is 0 Å². The molecule has 0 bridgehead atoms. The lowest BCUT2D eigenvalue weighted by molar-refractivity contribution is 0.322. The molecule has 0 amide bonds. The lowest BCUT2D eigenvalue weighted by Crippen LogP contribution is -2.09. The Balaban J connectivity index is 1.68. The Morgan fingerprint density at radius 3 is 2.55 bits per heavy atom. The predicted molar refractivity (Wildman–Crippen MR) is 84.2 cm³/mol. The van der Waals surface area contributed by atoms with Gasteiger partial charge in [0.1, 0.15) is 5.58 Å². The fourth-order valence-corrected chi connectivity index (χ4v) is 3.17. The first-order chi connectivity index (χ1) is 10.6. The molecule has 22 heavy (non-hydrogen) atoms. The first-order valence-electron chi connectivity index (χ1n) is 6.97. The highest BCUT2D eigenvalue weighted by molar-refractivity contribution is 7.86. The summed E-state index contributed by atoms with van der Waals surface area (Å²) >= 11 is 0. The summed E-state index contributed by atoms with van der Waals surface area (Å²) in [5, 5.41) is 0.985. The zero-order valence-electron chi connectivity index (χ0n) is 12.2. The van der Waals surface area contributed by atoms with Crippen LogP contribution in [0.15, 0.2) is 64.1 Å². The van der Waals surface area contributed by atoms with E-state index in [1.165, 1.54) is 0 Å². The van der Waals surface area contributed by atoms with Crippen molar-refractivity contribution in [3.05, 3.63) is 65.9 Å². The quantitative estimate of drug-likeness (QED) is 0.674. The molecule has 2 aromatic carbocycles. The van der Waals surface area contributed by atoms with Crippen LogP contribution in [0.3, 0.4) is 0 Å². The van der Waals surface area contributed by atoms with Gasteiger partial charge in [-0.2, -0.15) is 8.42 Å². The third-order valence-corrected chi connectivity index (χ3v) is 4.81. The number of benzene rings is 2. The van der Waals surface area contributed by atoms with E-state index in [-0.39, 0.29) is 11.5 Å². The van der Waals surface area contributed by atoms with Gasteiger partial charge in [0, 0.05) is 17.4 Å². The highest BCUT2D eigenvalue weighted by Crippen LogP contribution is 2.21. The predicted octanol–water partition coefficient (Wildman–Crippen LogP) is 3.69. The molecule has 0 aliphatic heterocycles. The molecule has 0 radical (unpaired) electrons. The van der Waals surface area contributed by atoms with Gasteiger partial charge >= 0.3 is 0 Å². The third-order valence-electron chi connectivity index (χ3n) is 3.48. The molecule has 0 atom stereocenters. The van der Waals surface area contributed by atoms with Crippen LogP contribution in [-0.2, 0) is 20.7 Å². The smallest absolute Gasteiger partial charge is 0.296 e. The van der Waals surface area contributed by atoms with E-state index in [0.29, 0.717) is 6.42 Å². The minimum absolute atomic E-state index is 0.0831. The molecule has 0 saturated heterocycles. The molecule has 0 aliphatic rings. The zero-order valence-corrected chi connectivity index (χ0v) is 13.0. The van der Waals surface area contributed by atoms with Crippen LogP contribution in [0.5, 0.6) is 0 Å². The van der Waals surface area contributed by atoms with E-state index in [9.17, 15) is 8.42 Å². The fourth-order valence-electron chi connectivity index (χ4n) is 2.26. The monoisotopic (exact) mass is 316 g/mol. The van der Waals surface area contributed by atoms with Crippen molar-refractivity contribution in [1.29, 1.82) is 0 Å². The highest BCUT2D eigenvalue weighted by atomic mass is 32.2. The minimum atomic E-state index is -3.71. The Kier molecular flexibility index (Phi) is 4.00. The maximum absolute atomic E-state index is 12.1. The highest BCUT2D eigenvalue weighted by Gasteiger charge is 2.15. The lowest BCUT2D eigenvalue weighted by atomic mass is 10.1. The number of hydrogen-bond donors (Lipinski definition) is 0. The number of fused-ring (bicyclic) bond motifs is 1. The molecule has 0 N–H and O–H groups in total. The normalized spacial score (nSPS) is 11.9. The van der Waals surface area contributed by atoms with Gasteiger partial charge in [0.15, 0.2) is 0 Å². The maximum Gasteiger partial charge on any atom is 0.296 e. The van der Waals surface area contributed by atoms with Crippen LogP contribution in [-0.4, -0.2) is 15.0 Å². The second kappa shape index (κ2) is 5.94. The molecule has 4 nitrogen and oxygen atoms in total. The molecule has 0 fully saturated rings. The lowest BCUT2D eigenvalue weighted by Gasteiger charge is -2.05. The zero-order chi connectivity index (χ0) is 15.6. The molecule has 5 heteroatoms. The van der Waals surface area contributed by atoms with E-state index in [1.54, 1.807) is 30.5 Å². The van der Waals surface area contributed by atoms with Crippen molar-refractivity contribution in [3.8, 4) is 0 Å². The average Bonchev–Trinajstić information content (AvgIpc) is 2.91. The van der Waals surface area contributed by atoms with Gasteiger partial charge in [-0.1, -0.05) is 35.9 Å². The van der Waals surface area contributed by atoms with Crippen LogP contribution in [0, 0.1) is 6.92 Å². The standard InChI is InChI=1S/C17H16O4S/c1-13-6-8-15(9-7-13)22(18,19)21-11-10-14-12-20-17-5-3-2-4-16(14)17/h2-9,12H,10-11H2,1H3. The maximum atomic E-state index is 12.1. The molecular weight excluding hydrogens is 300 g/mol. The van der Waals surface area contributed by atoms with Gasteiger partial charge in [0.05, 0.1) is 17.8 Å². The van der Waals surface area contributed by atoms with Gasteiger partial charge in [-0.15, -0.1) is 0 Å². The molecule has 1 heterocycles. The Hall–Kier alpha value is -2.11. The summed E-state index contributed by atoms with van der Waals surface area (Å²) < 4.78 is 34.7. The Bertz CT molecular complexity index is 876. The molecule has 3 aromatic rings. The average molecular weight is 316 g/mol. The van der Waals surface area contributed by atoms with E-state index in [0.717, 1.165) is 22.1 Å². The number of para-hydroxylation sites is 1. The number of hydrogen-bond acceptors (Lipinski definition) is 4. The van der Waals surface area contributed by atoms with Gasteiger partial charge in [0.25, 0.3) is 10.1 Å². The van der Waals surface area contributed by atoms with E-state index in [4.69, 9.17) is 8.60 Å². The van der Waals surface area contributed by atoms with E-state index >= 15 is 0 Å². The molecule has 0 saturated carbocycles. The number of aryl methyl sites for hydroxylation is 1. The van der Waals surface area contributed by atoms with E-state index in [2.05, 4.69) is 0 Å². The molecule has 0 spiro atoms. The summed E-state index contributed by atoms with van der Waals surface area (Å²) in [5.41, 5.74) is 2.73. The summed E-state index contributed by atoms with van der Waals surface area (Å²) in [6, 6.07) is 14.3. The van der Waals surface area contributed by atoms with Crippen LogP contribution in [0.4, 0.5) is 0 Å². The fraction of sp³-hybridized carbons (Fsp3) is 0.176. The van der Waals surface area contributed by atoms with Crippen LogP contribution in [0.25, 0.3) is 11.0 Å². The Labute approximate surface area is 129 Å². The summed E-state index contributed by atoms with van der Waals surface area (Å²) in [6.45, 7) is 1.99. The Morgan fingerprint density at radius 1 is 1.05 bits per heavy atom. The SMILES string of the molecule is Cc1ccc(S(=O)(=O)OCCc2coc3ccccc23)cc1. The molecular formula is C17H16O4S. The summed E-state index contributed by atoms with van der Waals surface area (Å²) in [5.74, 6) is 0. The first-order valence-corrected chi connectivity index (χ1v) is 8.38. The first kappa shape index (κ1) is 14.8. The van der Waals surface area contributed by atoms with Gasteiger partial charge in [-0.05, 0) is 25.1 Å². The van der Waals surface area contributed by atoms with Crippen molar-refractivity contribution in [2.75, 3.05) is 6.61 Å². The number of rotatable bonds is 5. The third kappa shape index (κ3) is 3.05. The largest absolute Gasteiger partial charge is 0.464 e. The molecule has 3 rings (SSSR count). The van der Waals surface area contributed by atoms with E-state index in [1.807, 2.05) is 31.2 Å². The van der Waals surface area contributed by atoms with Crippen LogP contribution in [0.2, 0.25) is 0 Å². The van der Waals surface area contributed by atoms with Crippen molar-refractivity contribution >= 4 is 21.1 Å². The van der Waals surface area contributed by atoms with Crippen molar-refractivity contribution in [3.63, 3.8) is 0 Å². The van der Waals surface area contributed by atoms with Crippen molar-refractivity contribution in [2.24, 2.45) is 0 Å². The second-order valence-electron chi connectivity index (χ2n) is 5.10. The van der Waals surface area contributed by atoms with Gasteiger partial charge < -0.3 is 4.42 Å². The van der Waals surface area contributed by atoms with Crippen molar-refractivity contribution in [1.82, 2.24) is 0 Å². The summed E-state index contributed by atoms with van der Waals surface area (Å²) in [6.07, 6.45) is 2.12. The molecule has 0 unspecified atom stereocenters. The van der Waals surface area contributed by atoms with Crippen LogP contribution >= 0.6 is 0 Å². The second-order valence-corrected chi connectivity index (χ2v) is 6.71. The van der Waals surface area contributed by atoms with Gasteiger partial charge in [-0.25, -0.2) is 0 Å². The Morgan fingerprint density at radius 2 is 1.77 bits per heavy atom. The molecule has 114 valence electrons.